The Morgan fingerprint density at radius 1 is 1.24 bits per heavy atom. The van der Waals surface area contributed by atoms with Gasteiger partial charge in [-0.1, -0.05) is 42.5 Å². The summed E-state index contributed by atoms with van der Waals surface area (Å²) < 4.78 is 0. The topological polar surface area (TPSA) is 87.6 Å². The van der Waals surface area contributed by atoms with Gasteiger partial charge in [0.25, 0.3) is 0 Å². The quantitative estimate of drug-likeness (QED) is 0.394. The van der Waals surface area contributed by atoms with Gasteiger partial charge in [-0.05, 0) is 62.1 Å². The molecule has 1 fully saturated rings. The molecule has 0 spiro atoms. The SMILES string of the molecule is C=C(C)C/C=C1/N=Cc2nc(-c3cccs3)c(-c3ccc(C4CC(C)(O)C4)cc3)nc2N1N. The molecule has 1 aromatic carbocycles. The van der Waals surface area contributed by atoms with Gasteiger partial charge in [0.1, 0.15) is 17.2 Å². The molecule has 0 atom stereocenters. The van der Waals surface area contributed by atoms with Gasteiger partial charge in [-0.3, -0.25) is 0 Å². The fourth-order valence-electron chi connectivity index (χ4n) is 4.36. The second-order valence-corrected chi connectivity index (χ2v) is 10.1. The number of fused-ring (bicyclic) bond motifs is 1. The minimum Gasteiger partial charge on any atom is -0.390 e. The van der Waals surface area contributed by atoms with Crippen molar-refractivity contribution >= 4 is 23.4 Å². The zero-order chi connectivity index (χ0) is 23.2. The van der Waals surface area contributed by atoms with E-state index in [0.29, 0.717) is 29.7 Å². The normalized spacial score (nSPS) is 22.8. The Bertz CT molecular complexity index is 1250. The second-order valence-electron chi connectivity index (χ2n) is 9.18. The lowest BCUT2D eigenvalue weighted by Gasteiger charge is -2.41. The molecular formula is C26H27N5OS. The number of anilines is 1. The van der Waals surface area contributed by atoms with E-state index in [-0.39, 0.29) is 0 Å². The van der Waals surface area contributed by atoms with E-state index >= 15 is 0 Å². The van der Waals surface area contributed by atoms with Crippen molar-refractivity contribution in [3.63, 3.8) is 0 Å². The molecule has 0 saturated heterocycles. The summed E-state index contributed by atoms with van der Waals surface area (Å²) in [6.07, 6.45) is 5.96. The van der Waals surface area contributed by atoms with E-state index in [1.54, 1.807) is 17.6 Å². The number of aliphatic hydroxyl groups is 1. The lowest BCUT2D eigenvalue weighted by atomic mass is 9.69. The monoisotopic (exact) mass is 457 g/mol. The second kappa shape index (κ2) is 8.33. The average molecular weight is 458 g/mol. The summed E-state index contributed by atoms with van der Waals surface area (Å²) in [4.78, 5) is 15.4. The molecular weight excluding hydrogens is 430 g/mol. The number of hydrogen-bond donors (Lipinski definition) is 2. The first kappa shape index (κ1) is 21.7. The van der Waals surface area contributed by atoms with Crippen molar-refractivity contribution in [2.24, 2.45) is 10.8 Å². The van der Waals surface area contributed by atoms with Crippen LogP contribution in [0.1, 0.15) is 50.3 Å². The van der Waals surface area contributed by atoms with Crippen molar-refractivity contribution < 1.29 is 5.11 Å². The van der Waals surface area contributed by atoms with Gasteiger partial charge in [-0.25, -0.2) is 25.8 Å². The Morgan fingerprint density at radius 2 is 2.00 bits per heavy atom. The van der Waals surface area contributed by atoms with Gasteiger partial charge in [-0.15, -0.1) is 11.3 Å². The first-order valence-corrected chi connectivity index (χ1v) is 11.9. The van der Waals surface area contributed by atoms with Crippen LogP contribution in [0.25, 0.3) is 21.8 Å². The van der Waals surface area contributed by atoms with E-state index in [1.165, 1.54) is 10.6 Å². The molecule has 1 saturated carbocycles. The molecule has 0 unspecified atom stereocenters. The molecule has 0 bridgehead atoms. The van der Waals surface area contributed by atoms with Crippen LogP contribution >= 0.6 is 11.3 Å². The molecule has 3 N–H and O–H groups in total. The number of rotatable bonds is 5. The number of nitrogens with two attached hydrogens (primary N) is 1. The molecule has 2 aromatic heterocycles. The predicted molar refractivity (Wildman–Crippen MR) is 135 cm³/mol. The van der Waals surface area contributed by atoms with Crippen LogP contribution in [0.2, 0.25) is 0 Å². The third-order valence-electron chi connectivity index (χ3n) is 6.11. The van der Waals surface area contributed by atoms with E-state index in [9.17, 15) is 5.11 Å². The van der Waals surface area contributed by atoms with E-state index in [4.69, 9.17) is 15.8 Å². The van der Waals surface area contributed by atoms with Crippen LogP contribution < -0.4 is 10.9 Å². The summed E-state index contributed by atoms with van der Waals surface area (Å²) in [6, 6.07) is 12.5. The molecule has 6 nitrogen and oxygen atoms in total. The summed E-state index contributed by atoms with van der Waals surface area (Å²) in [5.41, 5.74) is 4.96. The number of benzene rings is 1. The molecule has 7 heteroatoms. The molecule has 5 rings (SSSR count). The van der Waals surface area contributed by atoms with E-state index in [0.717, 1.165) is 40.2 Å². The smallest absolute Gasteiger partial charge is 0.177 e. The van der Waals surface area contributed by atoms with Crippen molar-refractivity contribution in [3.05, 3.63) is 77.1 Å². The number of nitrogens with zero attached hydrogens (tertiary/aromatic N) is 4. The highest BCUT2D eigenvalue weighted by atomic mass is 32.1. The zero-order valence-corrected chi connectivity index (χ0v) is 19.6. The molecule has 1 aliphatic carbocycles. The minimum atomic E-state index is -0.541. The Labute approximate surface area is 197 Å². The third-order valence-corrected chi connectivity index (χ3v) is 6.99. The fraction of sp³-hybridized carbons (Fsp3) is 0.269. The molecule has 1 aliphatic heterocycles. The number of aliphatic imine (C=N–C) groups is 1. The standard InChI is InChI=1S/C26H27N5OS/c1-16(2)6-11-22-28-15-20-25(31(22)27)30-23(24(29-20)21-5-4-12-33-21)18-9-7-17(8-10-18)19-13-26(3,32)14-19/h4-5,7-12,15,19,32H,1,6,13-14,27H2,2-3H3/b22-11-. The predicted octanol–water partition coefficient (Wildman–Crippen LogP) is 5.42. The van der Waals surface area contributed by atoms with Crippen LogP contribution in [0.3, 0.4) is 0 Å². The van der Waals surface area contributed by atoms with E-state index < -0.39 is 5.60 Å². The van der Waals surface area contributed by atoms with Crippen molar-refractivity contribution in [3.8, 4) is 21.8 Å². The highest BCUT2D eigenvalue weighted by Crippen LogP contribution is 2.45. The lowest BCUT2D eigenvalue weighted by Crippen LogP contribution is -2.39. The minimum absolute atomic E-state index is 0.400. The van der Waals surface area contributed by atoms with Crippen LogP contribution in [-0.2, 0) is 0 Å². The van der Waals surface area contributed by atoms with Crippen LogP contribution in [-0.4, -0.2) is 26.9 Å². The van der Waals surface area contributed by atoms with Crippen LogP contribution in [0, 0.1) is 0 Å². The summed E-state index contributed by atoms with van der Waals surface area (Å²) in [5.74, 6) is 8.01. The van der Waals surface area contributed by atoms with Crippen LogP contribution in [0.15, 0.2) is 70.8 Å². The first-order valence-electron chi connectivity index (χ1n) is 11.0. The Morgan fingerprint density at radius 3 is 2.64 bits per heavy atom. The summed E-state index contributed by atoms with van der Waals surface area (Å²) in [6.45, 7) is 7.81. The van der Waals surface area contributed by atoms with Gasteiger partial charge in [0.15, 0.2) is 5.82 Å². The fourth-order valence-corrected chi connectivity index (χ4v) is 5.07. The van der Waals surface area contributed by atoms with Crippen LogP contribution in [0.5, 0.6) is 0 Å². The van der Waals surface area contributed by atoms with Crippen LogP contribution in [0.4, 0.5) is 5.82 Å². The Kier molecular flexibility index (Phi) is 5.48. The molecule has 168 valence electrons. The van der Waals surface area contributed by atoms with Gasteiger partial charge < -0.3 is 5.11 Å². The van der Waals surface area contributed by atoms with Crippen molar-refractivity contribution in [1.29, 1.82) is 0 Å². The summed E-state index contributed by atoms with van der Waals surface area (Å²) in [5, 5.41) is 13.6. The largest absolute Gasteiger partial charge is 0.390 e. The van der Waals surface area contributed by atoms with E-state index in [1.807, 2.05) is 37.4 Å². The average Bonchev–Trinajstić information content (AvgIpc) is 3.31. The number of thiophene rings is 1. The van der Waals surface area contributed by atoms with Crippen molar-refractivity contribution in [2.45, 2.75) is 44.6 Å². The van der Waals surface area contributed by atoms with Crippen molar-refractivity contribution in [1.82, 2.24) is 9.97 Å². The number of hydrazine groups is 1. The maximum atomic E-state index is 10.1. The highest BCUT2D eigenvalue weighted by Gasteiger charge is 2.39. The van der Waals surface area contributed by atoms with Gasteiger partial charge in [0.2, 0.25) is 0 Å². The number of aromatic nitrogens is 2. The molecule has 2 aliphatic rings. The molecule has 3 heterocycles. The van der Waals surface area contributed by atoms with Gasteiger partial charge in [0.05, 0.1) is 22.4 Å². The highest BCUT2D eigenvalue weighted by molar-refractivity contribution is 7.13. The van der Waals surface area contributed by atoms with E-state index in [2.05, 4.69) is 35.8 Å². The molecule has 3 aromatic rings. The maximum Gasteiger partial charge on any atom is 0.177 e. The Balaban J connectivity index is 1.55. The number of hydrogen-bond acceptors (Lipinski definition) is 7. The molecule has 0 radical (unpaired) electrons. The molecule has 0 amide bonds. The third kappa shape index (κ3) is 4.27. The van der Waals surface area contributed by atoms with Crippen molar-refractivity contribution in [2.75, 3.05) is 5.01 Å². The summed E-state index contributed by atoms with van der Waals surface area (Å²) >= 11 is 1.63. The first-order chi connectivity index (χ1) is 15.8. The Hall–Kier alpha value is -3.13. The maximum absolute atomic E-state index is 10.1. The number of allylic oxidation sites excluding steroid dienone is 2. The zero-order valence-electron chi connectivity index (χ0n) is 18.8. The lowest BCUT2D eigenvalue weighted by molar-refractivity contribution is -0.0313. The summed E-state index contributed by atoms with van der Waals surface area (Å²) in [7, 11) is 0. The molecule has 33 heavy (non-hydrogen) atoms. The van der Waals surface area contributed by atoms with Gasteiger partial charge in [0, 0.05) is 5.56 Å². The van der Waals surface area contributed by atoms with Gasteiger partial charge >= 0.3 is 0 Å². The van der Waals surface area contributed by atoms with Gasteiger partial charge in [-0.2, -0.15) is 0 Å².